The first-order chi connectivity index (χ1) is 13.2. The largest absolute Gasteiger partial charge is 0.618 e. The fourth-order valence-electron chi connectivity index (χ4n) is 2.88. The van der Waals surface area contributed by atoms with Crippen LogP contribution in [0.5, 0.6) is 0 Å². The Hall–Kier alpha value is -3.46. The summed E-state index contributed by atoms with van der Waals surface area (Å²) in [6.45, 7) is 0. The van der Waals surface area contributed by atoms with Gasteiger partial charge in [0.15, 0.2) is 11.8 Å². The third kappa shape index (κ3) is 2.77. The zero-order chi connectivity index (χ0) is 18.4. The lowest BCUT2D eigenvalue weighted by Crippen LogP contribution is -2.25. The third-order valence-electron chi connectivity index (χ3n) is 4.18. The quantitative estimate of drug-likeness (QED) is 0.356. The summed E-state index contributed by atoms with van der Waals surface area (Å²) < 4.78 is 4.31. The van der Waals surface area contributed by atoms with E-state index in [4.69, 9.17) is 0 Å². The molecule has 0 aliphatic carbocycles. The molecule has 132 valence electrons. The lowest BCUT2D eigenvalue weighted by Gasteiger charge is -2.04. The summed E-state index contributed by atoms with van der Waals surface area (Å²) in [5.41, 5.74) is 3.02. The van der Waals surface area contributed by atoms with Gasteiger partial charge in [0.2, 0.25) is 10.7 Å². The van der Waals surface area contributed by atoms with Crippen LogP contribution in [-0.2, 0) is 7.05 Å². The minimum atomic E-state index is 0.630. The van der Waals surface area contributed by atoms with E-state index < -0.39 is 0 Å². The van der Waals surface area contributed by atoms with E-state index in [1.165, 1.54) is 18.0 Å². The van der Waals surface area contributed by atoms with Crippen LogP contribution in [0, 0.1) is 5.21 Å². The SMILES string of the molecule is Cn1cc(-c2ccc3nnc(Sc4ccc5c(ccc[n+]5[O-])c4)n3n2)cn1. The molecular weight excluding hydrogens is 362 g/mol. The van der Waals surface area contributed by atoms with Gasteiger partial charge >= 0.3 is 0 Å². The standard InChI is InChI=1S/C18H13N7OS/c1-23-11-13(10-19-23)15-5-7-17-20-21-18(25(17)22-15)27-14-4-6-16-12(9-14)3-2-8-24(16)26/h2-11H,1H3. The predicted octanol–water partition coefficient (Wildman–Crippen LogP) is 2.46. The Morgan fingerprint density at radius 2 is 2.04 bits per heavy atom. The van der Waals surface area contributed by atoms with Gasteiger partial charge in [-0.2, -0.15) is 19.4 Å². The monoisotopic (exact) mass is 375 g/mol. The first kappa shape index (κ1) is 15.8. The Morgan fingerprint density at radius 1 is 1.11 bits per heavy atom. The molecule has 0 atom stereocenters. The number of hydrogen-bond donors (Lipinski definition) is 0. The fraction of sp³-hybridized carbons (Fsp3) is 0.0556. The molecule has 4 heterocycles. The van der Waals surface area contributed by atoms with Crippen LogP contribution in [0.25, 0.3) is 27.8 Å². The van der Waals surface area contributed by atoms with Gasteiger partial charge in [-0.05, 0) is 42.1 Å². The van der Waals surface area contributed by atoms with Crippen molar-refractivity contribution in [1.29, 1.82) is 0 Å². The number of hydrogen-bond acceptors (Lipinski definition) is 6. The minimum Gasteiger partial charge on any atom is -0.618 e. The second-order valence-corrected chi connectivity index (χ2v) is 7.07. The highest BCUT2D eigenvalue weighted by Crippen LogP contribution is 2.28. The normalized spacial score (nSPS) is 11.4. The molecule has 0 radical (unpaired) electrons. The van der Waals surface area contributed by atoms with Crippen LogP contribution in [0.2, 0.25) is 0 Å². The molecule has 1 aromatic carbocycles. The van der Waals surface area contributed by atoms with E-state index in [1.807, 2.05) is 49.6 Å². The van der Waals surface area contributed by atoms with Gasteiger partial charge in [0, 0.05) is 41.2 Å². The molecule has 0 saturated carbocycles. The lowest BCUT2D eigenvalue weighted by molar-refractivity contribution is -0.577. The van der Waals surface area contributed by atoms with Gasteiger partial charge in [-0.1, -0.05) is 0 Å². The van der Waals surface area contributed by atoms with Crippen molar-refractivity contribution in [1.82, 2.24) is 29.6 Å². The second-order valence-electron chi connectivity index (χ2n) is 6.03. The van der Waals surface area contributed by atoms with Gasteiger partial charge in [-0.25, -0.2) is 0 Å². The maximum atomic E-state index is 11.8. The summed E-state index contributed by atoms with van der Waals surface area (Å²) in [6, 6.07) is 13.1. The average molecular weight is 375 g/mol. The molecule has 0 N–H and O–H groups in total. The summed E-state index contributed by atoms with van der Waals surface area (Å²) in [5.74, 6) is 0. The summed E-state index contributed by atoms with van der Waals surface area (Å²) in [6.07, 6.45) is 5.17. The molecule has 5 aromatic rings. The van der Waals surface area contributed by atoms with Crippen molar-refractivity contribution in [2.75, 3.05) is 0 Å². The Bertz CT molecular complexity index is 1290. The highest BCUT2D eigenvalue weighted by atomic mass is 32.2. The number of nitrogens with zero attached hydrogens (tertiary/aromatic N) is 7. The molecule has 9 heteroatoms. The maximum absolute atomic E-state index is 11.8. The molecule has 0 saturated heterocycles. The highest BCUT2D eigenvalue weighted by Gasteiger charge is 2.12. The Kier molecular flexibility index (Phi) is 3.54. The summed E-state index contributed by atoms with van der Waals surface area (Å²) >= 11 is 1.45. The molecule has 27 heavy (non-hydrogen) atoms. The van der Waals surface area contributed by atoms with Crippen LogP contribution in [-0.4, -0.2) is 29.6 Å². The van der Waals surface area contributed by atoms with Gasteiger partial charge < -0.3 is 5.21 Å². The third-order valence-corrected chi connectivity index (χ3v) is 5.10. The molecular formula is C18H13N7OS. The van der Waals surface area contributed by atoms with Crippen LogP contribution >= 0.6 is 11.8 Å². The summed E-state index contributed by atoms with van der Waals surface area (Å²) in [7, 11) is 1.87. The number of pyridine rings is 1. The van der Waals surface area contributed by atoms with Crippen LogP contribution < -0.4 is 4.73 Å². The topological polar surface area (TPSA) is 87.8 Å². The van der Waals surface area contributed by atoms with Gasteiger partial charge in [0.25, 0.3) is 0 Å². The second kappa shape index (κ2) is 6.06. The zero-order valence-electron chi connectivity index (χ0n) is 14.2. The molecule has 0 amide bonds. The molecule has 4 aromatic heterocycles. The molecule has 5 rings (SSSR count). The molecule has 0 bridgehead atoms. The van der Waals surface area contributed by atoms with Gasteiger partial charge in [0.1, 0.15) is 0 Å². The zero-order valence-corrected chi connectivity index (χ0v) is 15.0. The van der Waals surface area contributed by atoms with Gasteiger partial charge in [-0.15, -0.1) is 10.2 Å². The fourth-order valence-corrected chi connectivity index (χ4v) is 3.72. The van der Waals surface area contributed by atoms with E-state index in [9.17, 15) is 5.21 Å². The Labute approximate surface area is 157 Å². The molecule has 0 unspecified atom stereocenters. The van der Waals surface area contributed by atoms with E-state index in [0.717, 1.165) is 26.3 Å². The van der Waals surface area contributed by atoms with Crippen molar-refractivity contribution in [2.24, 2.45) is 7.05 Å². The van der Waals surface area contributed by atoms with Crippen molar-refractivity contribution in [2.45, 2.75) is 10.1 Å². The Morgan fingerprint density at radius 3 is 2.89 bits per heavy atom. The van der Waals surface area contributed by atoms with Gasteiger partial charge in [0.05, 0.1) is 11.9 Å². The molecule has 0 spiro atoms. The van der Waals surface area contributed by atoms with Crippen LogP contribution in [0.15, 0.2) is 71.1 Å². The van der Waals surface area contributed by atoms with Crippen LogP contribution in [0.1, 0.15) is 0 Å². The first-order valence-electron chi connectivity index (χ1n) is 8.19. The van der Waals surface area contributed by atoms with Crippen LogP contribution in [0.3, 0.4) is 0 Å². The van der Waals surface area contributed by atoms with Crippen molar-refractivity contribution in [3.63, 3.8) is 0 Å². The average Bonchev–Trinajstić information content (AvgIpc) is 3.28. The number of rotatable bonds is 3. The molecule has 0 aliphatic rings. The van der Waals surface area contributed by atoms with E-state index in [1.54, 1.807) is 21.5 Å². The predicted molar refractivity (Wildman–Crippen MR) is 100 cm³/mol. The maximum Gasteiger partial charge on any atom is 0.223 e. The Balaban J connectivity index is 1.55. The van der Waals surface area contributed by atoms with Gasteiger partial charge in [-0.3, -0.25) is 4.68 Å². The lowest BCUT2D eigenvalue weighted by atomic mass is 10.2. The first-order valence-corrected chi connectivity index (χ1v) is 9.00. The van der Waals surface area contributed by atoms with E-state index in [0.29, 0.717) is 16.3 Å². The number of fused-ring (bicyclic) bond motifs is 2. The van der Waals surface area contributed by atoms with Crippen molar-refractivity contribution >= 4 is 28.3 Å². The molecule has 8 nitrogen and oxygen atoms in total. The number of aryl methyl sites for hydroxylation is 1. The highest BCUT2D eigenvalue weighted by molar-refractivity contribution is 7.99. The smallest absolute Gasteiger partial charge is 0.223 e. The number of benzene rings is 1. The van der Waals surface area contributed by atoms with Crippen molar-refractivity contribution in [3.05, 3.63) is 66.3 Å². The minimum absolute atomic E-state index is 0.630. The summed E-state index contributed by atoms with van der Waals surface area (Å²) in [4.78, 5) is 0.955. The van der Waals surface area contributed by atoms with E-state index in [-0.39, 0.29) is 0 Å². The molecule has 0 fully saturated rings. The molecule has 0 aliphatic heterocycles. The van der Waals surface area contributed by atoms with Crippen LogP contribution in [0.4, 0.5) is 0 Å². The number of aromatic nitrogens is 7. The summed E-state index contributed by atoms with van der Waals surface area (Å²) in [5, 5.41) is 30.6. The van der Waals surface area contributed by atoms with E-state index in [2.05, 4.69) is 20.4 Å². The van der Waals surface area contributed by atoms with Crippen molar-refractivity contribution < 1.29 is 4.73 Å². The van der Waals surface area contributed by atoms with E-state index >= 15 is 0 Å². The van der Waals surface area contributed by atoms with Crippen molar-refractivity contribution in [3.8, 4) is 11.3 Å².